The molecule has 0 spiro atoms. The number of ether oxygens (including phenoxy) is 2. The van der Waals surface area contributed by atoms with Crippen LogP contribution in [-0.2, 0) is 33.9 Å². The van der Waals surface area contributed by atoms with Crippen LogP contribution in [0.25, 0.3) is 0 Å². The van der Waals surface area contributed by atoms with Gasteiger partial charge in [-0.3, -0.25) is 9.59 Å². The van der Waals surface area contributed by atoms with E-state index in [0.717, 1.165) is 25.1 Å². The van der Waals surface area contributed by atoms with Gasteiger partial charge in [0.2, 0.25) is 16.1 Å². The molecule has 0 N–H and O–H groups in total. The number of hydrogen-bond donors (Lipinski definition) is 0. The summed E-state index contributed by atoms with van der Waals surface area (Å²) in [4.78, 5) is 38.4. The van der Waals surface area contributed by atoms with Crippen molar-refractivity contribution in [2.45, 2.75) is 44.5 Å². The van der Waals surface area contributed by atoms with Gasteiger partial charge >= 0.3 is 11.9 Å². The van der Waals surface area contributed by atoms with Gasteiger partial charge in [-0.2, -0.15) is 0 Å². The Kier molecular flexibility index (Phi) is 8.86. The Morgan fingerprint density at radius 3 is 2.47 bits per heavy atom. The van der Waals surface area contributed by atoms with Gasteiger partial charge in [-0.25, -0.2) is 21.9 Å². The van der Waals surface area contributed by atoms with E-state index in [-0.39, 0.29) is 34.9 Å². The van der Waals surface area contributed by atoms with Crippen molar-refractivity contribution in [3.05, 3.63) is 76.6 Å². The van der Waals surface area contributed by atoms with E-state index in [1.807, 2.05) is 0 Å². The van der Waals surface area contributed by atoms with Gasteiger partial charge in [0.1, 0.15) is 11.1 Å². The number of carbonyl (C=O) groups is 3. The van der Waals surface area contributed by atoms with Gasteiger partial charge in [-0.1, -0.05) is 48.0 Å². The van der Waals surface area contributed by atoms with Crippen molar-refractivity contribution in [3.8, 4) is 0 Å². The molecule has 0 aliphatic heterocycles. The topological polar surface area (TPSA) is 107 Å². The van der Waals surface area contributed by atoms with Crippen molar-refractivity contribution in [1.82, 2.24) is 0 Å². The zero-order valence-corrected chi connectivity index (χ0v) is 21.2. The van der Waals surface area contributed by atoms with E-state index < -0.39 is 45.0 Å². The van der Waals surface area contributed by atoms with Crippen LogP contribution in [0.5, 0.6) is 0 Å². The summed E-state index contributed by atoms with van der Waals surface area (Å²) < 4.78 is 52.7. The Bertz CT molecular complexity index is 1280. The second-order valence-electron chi connectivity index (χ2n) is 7.94. The molecule has 11 heteroatoms. The van der Waals surface area contributed by atoms with E-state index in [1.54, 1.807) is 25.1 Å². The first-order valence-electron chi connectivity index (χ1n) is 11.2. The Labute approximate surface area is 213 Å². The van der Waals surface area contributed by atoms with Gasteiger partial charge < -0.3 is 9.47 Å². The third-order valence-corrected chi connectivity index (χ3v) is 7.84. The van der Waals surface area contributed by atoms with Crippen molar-refractivity contribution in [2.24, 2.45) is 0 Å². The highest BCUT2D eigenvalue weighted by molar-refractivity contribution is 7.94. The summed E-state index contributed by atoms with van der Waals surface area (Å²) in [6.45, 7) is 2.69. The van der Waals surface area contributed by atoms with Crippen LogP contribution in [0.1, 0.15) is 44.8 Å². The first-order valence-corrected chi connectivity index (χ1v) is 13.1. The Hall–Kier alpha value is -3.24. The number of hydrogen-bond acceptors (Lipinski definition) is 7. The Morgan fingerprint density at radius 2 is 1.86 bits per heavy atom. The minimum absolute atomic E-state index is 0.0257. The van der Waals surface area contributed by atoms with Crippen LogP contribution in [0, 0.1) is 5.82 Å². The van der Waals surface area contributed by atoms with Crippen molar-refractivity contribution in [3.63, 3.8) is 0 Å². The lowest BCUT2D eigenvalue weighted by atomic mass is 9.99. The number of carbonyl (C=O) groups excluding carboxylic acids is 3. The molecule has 2 atom stereocenters. The van der Waals surface area contributed by atoms with E-state index in [1.165, 1.54) is 18.2 Å². The van der Waals surface area contributed by atoms with E-state index in [9.17, 15) is 27.2 Å². The highest BCUT2D eigenvalue weighted by atomic mass is 35.5. The molecule has 0 saturated heterocycles. The van der Waals surface area contributed by atoms with Crippen molar-refractivity contribution in [2.75, 3.05) is 10.9 Å². The first-order chi connectivity index (χ1) is 17.1. The number of allylic oxidation sites excluding steroid dienone is 1. The van der Waals surface area contributed by atoms with Gasteiger partial charge in [0.25, 0.3) is 5.91 Å². The molecule has 0 fully saturated rings. The molecule has 1 aliphatic carbocycles. The number of esters is 2. The van der Waals surface area contributed by atoms with Gasteiger partial charge in [-0.15, -0.1) is 0 Å². The lowest BCUT2D eigenvalue weighted by Crippen LogP contribution is -2.48. The van der Waals surface area contributed by atoms with Crippen LogP contribution in [0.3, 0.4) is 0 Å². The molecule has 0 heterocycles. The monoisotopic (exact) mass is 537 g/mol. The molecular weight excluding hydrogens is 513 g/mol. The summed E-state index contributed by atoms with van der Waals surface area (Å²) in [7, 11) is -4.70. The fourth-order valence-electron chi connectivity index (χ4n) is 3.90. The molecule has 2 aromatic rings. The first kappa shape index (κ1) is 27.3. The maximum atomic E-state index is 14.1. The number of benzene rings is 2. The molecule has 8 nitrogen and oxygen atoms in total. The molecule has 0 saturated carbocycles. The highest BCUT2D eigenvalue weighted by Gasteiger charge is 2.45. The predicted molar refractivity (Wildman–Crippen MR) is 131 cm³/mol. The van der Waals surface area contributed by atoms with Crippen molar-refractivity contribution >= 4 is 45.2 Å². The molecule has 3 rings (SSSR count). The second-order valence-corrected chi connectivity index (χ2v) is 10.3. The largest absolute Gasteiger partial charge is 0.463 e. The number of amides is 1. The van der Waals surface area contributed by atoms with Gasteiger partial charge in [0.05, 0.1) is 22.9 Å². The van der Waals surface area contributed by atoms with E-state index >= 15 is 0 Å². The molecule has 1 amide bonds. The molecule has 2 aromatic carbocycles. The molecule has 0 radical (unpaired) electrons. The van der Waals surface area contributed by atoms with Gasteiger partial charge in [0.15, 0.2) is 0 Å². The Morgan fingerprint density at radius 1 is 1.17 bits per heavy atom. The minimum Gasteiger partial charge on any atom is -0.463 e. The number of sulfonamides is 1. The third kappa shape index (κ3) is 5.93. The summed E-state index contributed by atoms with van der Waals surface area (Å²) in [5.74, 6) is -3.55. The van der Waals surface area contributed by atoms with Crippen LogP contribution < -0.4 is 4.31 Å². The standard InChI is InChI=1S/C25H25ClFNO7S/c1-3-34-25(31)19-11-7-8-12-22(19)36(32,33)28(21-14-13-18(27)15-20(21)26)24(30)23(35-16(2)29)17-9-5-4-6-10-17/h4-6,9-11,13-15,22-23H,3,7-8,12H2,1-2H3/t22-,23-/m1/s1. The molecule has 0 aromatic heterocycles. The van der Waals surface area contributed by atoms with Crippen LogP contribution >= 0.6 is 11.6 Å². The zero-order chi connectivity index (χ0) is 26.5. The van der Waals surface area contributed by atoms with Gasteiger partial charge in [0, 0.05) is 12.5 Å². The van der Waals surface area contributed by atoms with Crippen LogP contribution in [0.2, 0.25) is 5.02 Å². The maximum absolute atomic E-state index is 14.1. The molecule has 0 bridgehead atoms. The summed E-state index contributed by atoms with van der Waals surface area (Å²) in [6, 6.07) is 10.7. The zero-order valence-electron chi connectivity index (χ0n) is 19.6. The normalized spacial score (nSPS) is 16.4. The summed E-state index contributed by atoms with van der Waals surface area (Å²) >= 11 is 6.21. The van der Waals surface area contributed by atoms with Crippen molar-refractivity contribution in [1.29, 1.82) is 0 Å². The lowest BCUT2D eigenvalue weighted by Gasteiger charge is -2.32. The fourth-order valence-corrected chi connectivity index (χ4v) is 6.22. The van der Waals surface area contributed by atoms with E-state index in [2.05, 4.69) is 0 Å². The maximum Gasteiger partial charge on any atom is 0.335 e. The average molecular weight is 538 g/mol. The molecule has 0 unspecified atom stereocenters. The number of halogens is 2. The summed E-state index contributed by atoms with van der Waals surface area (Å²) in [6.07, 6.45) is 0.723. The lowest BCUT2D eigenvalue weighted by molar-refractivity contribution is -0.153. The fraction of sp³-hybridized carbons (Fsp3) is 0.320. The molecular formula is C25H25ClFNO7S. The SMILES string of the molecule is CCOC(=O)C1=CCCC[C@H]1S(=O)(=O)N(C(=O)[C@H](OC(C)=O)c1ccccc1)c1ccc(F)cc1Cl. The quantitative estimate of drug-likeness (QED) is 0.457. The second kappa shape index (κ2) is 11.7. The van der Waals surface area contributed by atoms with Crippen LogP contribution in [0.15, 0.2) is 60.2 Å². The molecule has 192 valence electrons. The molecule has 1 aliphatic rings. The Balaban J connectivity index is 2.20. The van der Waals surface area contributed by atoms with E-state index in [0.29, 0.717) is 17.1 Å². The summed E-state index contributed by atoms with van der Waals surface area (Å²) in [5, 5.41) is -1.80. The smallest absolute Gasteiger partial charge is 0.335 e. The van der Waals surface area contributed by atoms with Crippen molar-refractivity contribution < 1.29 is 36.7 Å². The van der Waals surface area contributed by atoms with Gasteiger partial charge in [-0.05, 0) is 44.4 Å². The average Bonchev–Trinajstić information content (AvgIpc) is 2.84. The van der Waals surface area contributed by atoms with E-state index in [4.69, 9.17) is 21.1 Å². The predicted octanol–water partition coefficient (Wildman–Crippen LogP) is 4.49. The number of nitrogens with zero attached hydrogens (tertiary/aromatic N) is 1. The minimum atomic E-state index is -4.70. The number of rotatable bonds is 8. The van der Waals surface area contributed by atoms with Crippen LogP contribution in [0.4, 0.5) is 10.1 Å². The summed E-state index contributed by atoms with van der Waals surface area (Å²) in [5.41, 5.74) is -0.242. The molecule has 36 heavy (non-hydrogen) atoms. The van der Waals surface area contributed by atoms with Crippen LogP contribution in [-0.4, -0.2) is 38.1 Å². The highest BCUT2D eigenvalue weighted by Crippen LogP contribution is 2.37. The number of anilines is 1. The third-order valence-electron chi connectivity index (χ3n) is 5.45.